The van der Waals surface area contributed by atoms with Crippen LogP contribution in [0, 0.1) is 17.5 Å². The van der Waals surface area contributed by atoms with Crippen LogP contribution in [0.1, 0.15) is 0 Å². The molecule has 128 valence electrons. The molecule has 0 saturated heterocycles. The summed E-state index contributed by atoms with van der Waals surface area (Å²) < 4.78 is 46.5. The van der Waals surface area contributed by atoms with Crippen LogP contribution in [0.25, 0.3) is 16.7 Å². The molecule has 0 unspecified atom stereocenters. The Hall–Kier alpha value is -3.07. The fourth-order valence-electron chi connectivity index (χ4n) is 2.26. The first-order chi connectivity index (χ1) is 11.8. The second-order valence-corrected chi connectivity index (χ2v) is 5.17. The monoisotopic (exact) mass is 370 g/mol. The van der Waals surface area contributed by atoms with Crippen LogP contribution in [0.5, 0.6) is 5.75 Å². The van der Waals surface area contributed by atoms with Crippen LogP contribution in [0.4, 0.5) is 18.0 Å². The van der Waals surface area contributed by atoms with E-state index in [0.29, 0.717) is 12.1 Å². The van der Waals surface area contributed by atoms with Gasteiger partial charge >= 0.3 is 6.16 Å². The van der Waals surface area contributed by atoms with Gasteiger partial charge < -0.3 is 9.84 Å². The van der Waals surface area contributed by atoms with Gasteiger partial charge in [0.15, 0.2) is 23.0 Å². The summed E-state index contributed by atoms with van der Waals surface area (Å²) in [5, 5.41) is 8.42. The molecule has 2 aromatic heterocycles. The van der Waals surface area contributed by atoms with Gasteiger partial charge in [0.2, 0.25) is 5.43 Å². The third kappa shape index (κ3) is 3.01. The van der Waals surface area contributed by atoms with Crippen LogP contribution < -0.4 is 10.2 Å². The van der Waals surface area contributed by atoms with Crippen molar-refractivity contribution < 1.29 is 27.8 Å². The van der Waals surface area contributed by atoms with E-state index in [-0.39, 0.29) is 16.2 Å². The maximum Gasteiger partial charge on any atom is 0.511 e. The van der Waals surface area contributed by atoms with E-state index in [0.717, 1.165) is 10.8 Å². The molecule has 0 aliphatic carbocycles. The zero-order valence-corrected chi connectivity index (χ0v) is 12.7. The summed E-state index contributed by atoms with van der Waals surface area (Å²) in [6.07, 6.45) is -1.06. The molecule has 0 saturated carbocycles. The molecular weight excluding hydrogens is 365 g/mol. The van der Waals surface area contributed by atoms with E-state index in [1.165, 1.54) is 12.1 Å². The average molecular weight is 371 g/mol. The van der Waals surface area contributed by atoms with Gasteiger partial charge in [-0.2, -0.15) is 0 Å². The minimum absolute atomic E-state index is 0.0875. The van der Waals surface area contributed by atoms with Crippen molar-refractivity contribution in [1.82, 2.24) is 9.55 Å². The van der Waals surface area contributed by atoms with Gasteiger partial charge in [-0.15, -0.1) is 0 Å². The van der Waals surface area contributed by atoms with Crippen LogP contribution >= 0.6 is 11.6 Å². The van der Waals surface area contributed by atoms with Crippen LogP contribution in [-0.4, -0.2) is 20.8 Å². The Morgan fingerprint density at radius 1 is 1.20 bits per heavy atom. The summed E-state index contributed by atoms with van der Waals surface area (Å²) in [4.78, 5) is 26.8. The van der Waals surface area contributed by atoms with E-state index in [1.807, 2.05) is 0 Å². The van der Waals surface area contributed by atoms with Gasteiger partial charge in [0.05, 0.1) is 11.6 Å². The van der Waals surface area contributed by atoms with Crippen LogP contribution in [-0.2, 0) is 0 Å². The Bertz CT molecular complexity index is 1060. The van der Waals surface area contributed by atoms with Crippen molar-refractivity contribution in [1.29, 1.82) is 0 Å². The van der Waals surface area contributed by atoms with Gasteiger partial charge in [-0.3, -0.25) is 9.36 Å². The molecule has 1 aromatic carbocycles. The molecule has 0 bridgehead atoms. The summed E-state index contributed by atoms with van der Waals surface area (Å²) >= 11 is 5.76. The van der Waals surface area contributed by atoms with Crippen molar-refractivity contribution in [2.45, 2.75) is 0 Å². The maximum atomic E-state index is 14.1. The molecule has 25 heavy (non-hydrogen) atoms. The fraction of sp³-hybridized carbons (Fsp3) is 0. The molecule has 0 aliphatic heterocycles. The highest BCUT2D eigenvalue weighted by Gasteiger charge is 2.20. The van der Waals surface area contributed by atoms with Gasteiger partial charge in [-0.25, -0.2) is 22.9 Å². The lowest BCUT2D eigenvalue weighted by atomic mass is 10.2. The van der Waals surface area contributed by atoms with Gasteiger partial charge in [0.1, 0.15) is 16.7 Å². The lowest BCUT2D eigenvalue weighted by Gasteiger charge is -2.14. The largest absolute Gasteiger partial charge is 0.511 e. The number of hydrogen-bond donors (Lipinski definition) is 1. The Labute approximate surface area is 141 Å². The minimum atomic E-state index is -1.80. The first-order valence-corrected chi connectivity index (χ1v) is 6.93. The average Bonchev–Trinajstić information content (AvgIpc) is 2.50. The number of ether oxygens (including phenoxy) is 1. The fourth-order valence-corrected chi connectivity index (χ4v) is 2.40. The number of halogens is 4. The van der Waals surface area contributed by atoms with Crippen molar-refractivity contribution >= 4 is 28.8 Å². The molecule has 3 rings (SSSR count). The molecule has 0 fully saturated rings. The number of hydrogen-bond acceptors (Lipinski definition) is 4. The molecular formula is C15H6ClF3N2O4. The Kier molecular flexibility index (Phi) is 4.09. The number of benzene rings is 1. The molecule has 0 amide bonds. The van der Waals surface area contributed by atoms with E-state index in [9.17, 15) is 22.8 Å². The molecule has 0 radical (unpaired) electrons. The Balaban J connectivity index is 2.45. The summed E-state index contributed by atoms with van der Waals surface area (Å²) in [5.41, 5.74) is -1.92. The Morgan fingerprint density at radius 3 is 2.44 bits per heavy atom. The zero-order chi connectivity index (χ0) is 18.3. The molecule has 3 aromatic rings. The predicted octanol–water partition coefficient (Wildman–Crippen LogP) is 3.51. The lowest BCUT2D eigenvalue weighted by Crippen LogP contribution is -2.17. The standard InChI is InChI=1S/C15H6ClF3N2O4/c16-11-2-1-7-13(22)10(25-15(23)24)5-21(14(7)20-11)12-8(18)3-6(17)4-9(12)19/h1-5H,(H,23,24). The second kappa shape index (κ2) is 6.10. The SMILES string of the molecule is O=C(O)Oc1cn(-c2c(F)cc(F)cc2F)c2nc(Cl)ccc2c1=O. The number of carbonyl (C=O) groups is 1. The van der Waals surface area contributed by atoms with E-state index in [1.54, 1.807) is 0 Å². The van der Waals surface area contributed by atoms with Crippen LogP contribution in [0.2, 0.25) is 5.15 Å². The summed E-state index contributed by atoms with van der Waals surface area (Å²) in [5.74, 6) is -4.47. The topological polar surface area (TPSA) is 81.4 Å². The van der Waals surface area contributed by atoms with Gasteiger partial charge in [0.25, 0.3) is 0 Å². The van der Waals surface area contributed by atoms with Crippen molar-refractivity contribution in [3.63, 3.8) is 0 Å². The number of fused-ring (bicyclic) bond motifs is 1. The highest BCUT2D eigenvalue weighted by atomic mass is 35.5. The molecule has 0 atom stereocenters. The second-order valence-electron chi connectivity index (χ2n) is 4.78. The first kappa shape index (κ1) is 16.8. The number of aromatic nitrogens is 2. The molecule has 2 heterocycles. The molecule has 0 aliphatic rings. The van der Waals surface area contributed by atoms with Crippen molar-refractivity contribution in [3.05, 3.63) is 63.3 Å². The predicted molar refractivity (Wildman–Crippen MR) is 80.9 cm³/mol. The normalized spacial score (nSPS) is 10.9. The molecule has 10 heteroatoms. The third-order valence-corrected chi connectivity index (χ3v) is 3.41. The minimum Gasteiger partial charge on any atom is -0.449 e. The van der Waals surface area contributed by atoms with Gasteiger partial charge in [-0.05, 0) is 12.1 Å². The smallest absolute Gasteiger partial charge is 0.449 e. The van der Waals surface area contributed by atoms with Gasteiger partial charge in [0, 0.05) is 12.1 Å². The number of pyridine rings is 2. The number of carboxylic acid groups (broad SMARTS) is 1. The van der Waals surface area contributed by atoms with Gasteiger partial charge in [-0.1, -0.05) is 11.6 Å². The summed E-state index contributed by atoms with van der Waals surface area (Å²) in [6.45, 7) is 0. The highest BCUT2D eigenvalue weighted by molar-refractivity contribution is 6.29. The van der Waals surface area contributed by atoms with E-state index >= 15 is 0 Å². The molecule has 6 nitrogen and oxygen atoms in total. The highest BCUT2D eigenvalue weighted by Crippen LogP contribution is 2.25. The Morgan fingerprint density at radius 2 is 1.84 bits per heavy atom. The molecule has 1 N–H and O–H groups in total. The first-order valence-electron chi connectivity index (χ1n) is 6.55. The molecule has 0 spiro atoms. The van der Waals surface area contributed by atoms with Crippen molar-refractivity contribution in [2.75, 3.05) is 0 Å². The summed E-state index contributed by atoms with van der Waals surface area (Å²) in [7, 11) is 0. The van der Waals surface area contributed by atoms with Crippen LogP contribution in [0.15, 0.2) is 35.3 Å². The number of rotatable bonds is 2. The van der Waals surface area contributed by atoms with Crippen LogP contribution in [0.3, 0.4) is 0 Å². The van der Waals surface area contributed by atoms with Crippen molar-refractivity contribution in [2.24, 2.45) is 0 Å². The quantitative estimate of drug-likeness (QED) is 0.551. The van der Waals surface area contributed by atoms with E-state index in [2.05, 4.69) is 9.72 Å². The lowest BCUT2D eigenvalue weighted by molar-refractivity contribution is 0.144. The third-order valence-electron chi connectivity index (χ3n) is 3.20. The number of nitrogens with zero attached hydrogens (tertiary/aromatic N) is 2. The van der Waals surface area contributed by atoms with E-state index < -0.39 is 40.5 Å². The van der Waals surface area contributed by atoms with Crippen molar-refractivity contribution in [3.8, 4) is 11.4 Å². The summed E-state index contributed by atoms with van der Waals surface area (Å²) in [6, 6.07) is 3.27. The maximum absolute atomic E-state index is 14.1. The zero-order valence-electron chi connectivity index (χ0n) is 12.0. The van der Waals surface area contributed by atoms with E-state index in [4.69, 9.17) is 16.7 Å².